The predicted octanol–water partition coefficient (Wildman–Crippen LogP) is 4.31. The Hall–Kier alpha value is -2.63. The van der Waals surface area contributed by atoms with Crippen molar-refractivity contribution < 1.29 is 0 Å². The van der Waals surface area contributed by atoms with Crippen LogP contribution in [0, 0.1) is 0 Å². The second kappa shape index (κ2) is 6.59. The van der Waals surface area contributed by atoms with Crippen LogP contribution in [0.4, 0.5) is 0 Å². The minimum absolute atomic E-state index is 0.764. The molecule has 0 saturated carbocycles. The summed E-state index contributed by atoms with van der Waals surface area (Å²) in [5.41, 5.74) is 3.38. The maximum Gasteiger partial charge on any atom is 0.160 e. The number of aromatic nitrogens is 3. The van der Waals surface area contributed by atoms with Gasteiger partial charge in [0.15, 0.2) is 5.82 Å². The monoisotopic (exact) mass is 358 g/mol. The summed E-state index contributed by atoms with van der Waals surface area (Å²) in [4.78, 5) is 17.4. The summed E-state index contributed by atoms with van der Waals surface area (Å²) in [5, 5.41) is 1.34. The first-order valence-corrected chi connectivity index (χ1v) is 9.62. The molecule has 5 rings (SSSR count). The SMILES string of the molecule is c1cncc(-c2ncc3c(n2)CN(Cc2cc4ccccc4s2)CC3)c1. The largest absolute Gasteiger partial charge is 0.292 e. The molecule has 4 aromatic rings. The molecule has 1 aliphatic rings. The van der Waals surface area contributed by atoms with E-state index in [-0.39, 0.29) is 0 Å². The molecule has 0 bridgehead atoms. The van der Waals surface area contributed by atoms with Gasteiger partial charge in [-0.05, 0) is 41.6 Å². The van der Waals surface area contributed by atoms with Crippen molar-refractivity contribution in [1.82, 2.24) is 19.9 Å². The number of thiophene rings is 1. The van der Waals surface area contributed by atoms with E-state index >= 15 is 0 Å². The van der Waals surface area contributed by atoms with Crippen LogP contribution in [0.1, 0.15) is 16.1 Å². The second-order valence-corrected chi connectivity index (χ2v) is 7.79. The van der Waals surface area contributed by atoms with Gasteiger partial charge in [-0.25, -0.2) is 9.97 Å². The first-order valence-electron chi connectivity index (χ1n) is 8.80. The highest BCUT2D eigenvalue weighted by Crippen LogP contribution is 2.28. The Morgan fingerprint density at radius 3 is 2.92 bits per heavy atom. The lowest BCUT2D eigenvalue weighted by Crippen LogP contribution is -2.30. The molecule has 1 aliphatic heterocycles. The van der Waals surface area contributed by atoms with Crippen molar-refractivity contribution in [3.05, 3.63) is 77.2 Å². The average molecular weight is 358 g/mol. The molecule has 0 fully saturated rings. The molecule has 3 aromatic heterocycles. The van der Waals surface area contributed by atoms with Gasteiger partial charge in [-0.1, -0.05) is 18.2 Å². The smallest absolute Gasteiger partial charge is 0.160 e. The Morgan fingerprint density at radius 1 is 1.08 bits per heavy atom. The zero-order valence-electron chi connectivity index (χ0n) is 14.3. The fourth-order valence-electron chi connectivity index (χ4n) is 3.46. The molecule has 1 aromatic carbocycles. The van der Waals surface area contributed by atoms with Crippen LogP contribution in [-0.2, 0) is 19.5 Å². The van der Waals surface area contributed by atoms with E-state index in [0.29, 0.717) is 0 Å². The number of pyridine rings is 1. The average Bonchev–Trinajstić information content (AvgIpc) is 3.10. The van der Waals surface area contributed by atoms with Crippen molar-refractivity contribution >= 4 is 21.4 Å². The van der Waals surface area contributed by atoms with E-state index in [9.17, 15) is 0 Å². The van der Waals surface area contributed by atoms with Crippen molar-refractivity contribution in [1.29, 1.82) is 0 Å². The summed E-state index contributed by atoms with van der Waals surface area (Å²) < 4.78 is 1.36. The van der Waals surface area contributed by atoms with Crippen molar-refractivity contribution in [2.75, 3.05) is 6.54 Å². The van der Waals surface area contributed by atoms with E-state index in [0.717, 1.165) is 43.1 Å². The van der Waals surface area contributed by atoms with Gasteiger partial charge in [0.2, 0.25) is 0 Å². The van der Waals surface area contributed by atoms with Gasteiger partial charge in [0, 0.05) is 53.4 Å². The Kier molecular flexibility index (Phi) is 3.96. The fraction of sp³-hybridized carbons (Fsp3) is 0.190. The van der Waals surface area contributed by atoms with Crippen LogP contribution < -0.4 is 0 Å². The van der Waals surface area contributed by atoms with E-state index in [4.69, 9.17) is 4.98 Å². The Bertz CT molecular complexity index is 1030. The molecule has 0 spiro atoms. The lowest BCUT2D eigenvalue weighted by molar-refractivity contribution is 0.243. The quantitative estimate of drug-likeness (QED) is 0.547. The van der Waals surface area contributed by atoms with Gasteiger partial charge in [0.05, 0.1) is 5.69 Å². The van der Waals surface area contributed by atoms with Crippen LogP contribution in [0.15, 0.2) is 61.1 Å². The molecule has 0 amide bonds. The molecule has 128 valence electrons. The van der Waals surface area contributed by atoms with Gasteiger partial charge in [0.1, 0.15) is 0 Å². The minimum Gasteiger partial charge on any atom is -0.292 e. The number of nitrogens with zero attached hydrogens (tertiary/aromatic N) is 4. The van der Waals surface area contributed by atoms with Crippen LogP contribution >= 0.6 is 11.3 Å². The third kappa shape index (κ3) is 3.00. The molecular formula is C21H18N4S. The highest BCUT2D eigenvalue weighted by molar-refractivity contribution is 7.19. The maximum atomic E-state index is 4.83. The number of fused-ring (bicyclic) bond motifs is 2. The predicted molar refractivity (Wildman–Crippen MR) is 105 cm³/mol. The van der Waals surface area contributed by atoms with Gasteiger partial charge < -0.3 is 0 Å². The summed E-state index contributed by atoms with van der Waals surface area (Å²) >= 11 is 1.89. The zero-order valence-corrected chi connectivity index (χ0v) is 15.1. The van der Waals surface area contributed by atoms with Crippen molar-refractivity contribution in [2.24, 2.45) is 0 Å². The number of rotatable bonds is 3. The first-order chi connectivity index (χ1) is 12.8. The normalized spacial score (nSPS) is 14.5. The van der Waals surface area contributed by atoms with Gasteiger partial charge >= 0.3 is 0 Å². The molecule has 0 unspecified atom stereocenters. The topological polar surface area (TPSA) is 41.9 Å². The van der Waals surface area contributed by atoms with E-state index in [1.54, 1.807) is 6.20 Å². The van der Waals surface area contributed by atoms with Gasteiger partial charge in [-0.15, -0.1) is 11.3 Å². The lowest BCUT2D eigenvalue weighted by Gasteiger charge is -2.27. The summed E-state index contributed by atoms with van der Waals surface area (Å²) in [7, 11) is 0. The molecule has 0 atom stereocenters. The van der Waals surface area contributed by atoms with Crippen LogP contribution in [0.3, 0.4) is 0 Å². The molecule has 4 nitrogen and oxygen atoms in total. The van der Waals surface area contributed by atoms with Crippen LogP contribution in [0.5, 0.6) is 0 Å². The zero-order chi connectivity index (χ0) is 17.3. The van der Waals surface area contributed by atoms with E-state index in [1.165, 1.54) is 20.5 Å². The van der Waals surface area contributed by atoms with E-state index < -0.39 is 0 Å². The van der Waals surface area contributed by atoms with Crippen LogP contribution in [0.25, 0.3) is 21.5 Å². The fourth-order valence-corrected chi connectivity index (χ4v) is 4.57. The van der Waals surface area contributed by atoms with Gasteiger partial charge in [0.25, 0.3) is 0 Å². The standard InChI is InChI=1S/C21H18N4S/c1-2-6-20-15(4-1)10-18(26-20)13-25-9-7-16-12-23-21(24-19(16)14-25)17-5-3-8-22-11-17/h1-6,8,10-12H,7,9,13-14H2. The molecule has 0 saturated heterocycles. The Labute approximate surface area is 156 Å². The Balaban J connectivity index is 1.38. The molecule has 4 heterocycles. The number of hydrogen-bond donors (Lipinski definition) is 0. The molecule has 5 heteroatoms. The number of benzene rings is 1. The molecule has 0 N–H and O–H groups in total. The minimum atomic E-state index is 0.764. The third-order valence-electron chi connectivity index (χ3n) is 4.80. The highest BCUT2D eigenvalue weighted by atomic mass is 32.1. The van der Waals surface area contributed by atoms with Gasteiger partial charge in [-0.2, -0.15) is 0 Å². The van der Waals surface area contributed by atoms with E-state index in [2.05, 4.69) is 45.2 Å². The Morgan fingerprint density at radius 2 is 2.04 bits per heavy atom. The van der Waals surface area contributed by atoms with Crippen LogP contribution in [0.2, 0.25) is 0 Å². The van der Waals surface area contributed by atoms with Gasteiger partial charge in [-0.3, -0.25) is 9.88 Å². The summed E-state index contributed by atoms with van der Waals surface area (Å²) in [6, 6.07) is 14.8. The third-order valence-corrected chi connectivity index (χ3v) is 5.90. The summed E-state index contributed by atoms with van der Waals surface area (Å²) in [5.74, 6) is 0.764. The highest BCUT2D eigenvalue weighted by Gasteiger charge is 2.19. The van der Waals surface area contributed by atoms with Crippen LogP contribution in [-0.4, -0.2) is 26.4 Å². The van der Waals surface area contributed by atoms with Crippen molar-refractivity contribution in [3.63, 3.8) is 0 Å². The van der Waals surface area contributed by atoms with Crippen molar-refractivity contribution in [3.8, 4) is 11.4 Å². The molecular weight excluding hydrogens is 340 g/mol. The second-order valence-electron chi connectivity index (χ2n) is 6.62. The lowest BCUT2D eigenvalue weighted by atomic mass is 10.1. The maximum absolute atomic E-state index is 4.83. The first kappa shape index (κ1) is 15.6. The van der Waals surface area contributed by atoms with E-state index in [1.807, 2.05) is 35.9 Å². The molecule has 26 heavy (non-hydrogen) atoms. The number of hydrogen-bond acceptors (Lipinski definition) is 5. The summed E-state index contributed by atoms with van der Waals surface area (Å²) in [6.45, 7) is 2.90. The molecule has 0 aliphatic carbocycles. The molecule has 0 radical (unpaired) electrons. The van der Waals surface area contributed by atoms with Crippen molar-refractivity contribution in [2.45, 2.75) is 19.5 Å². The summed E-state index contributed by atoms with van der Waals surface area (Å²) in [6.07, 6.45) is 6.59.